The van der Waals surface area contributed by atoms with E-state index >= 15 is 0 Å². The monoisotopic (exact) mass is 276 g/mol. The first kappa shape index (κ1) is 12.1. The van der Waals surface area contributed by atoms with E-state index in [9.17, 15) is 4.39 Å². The smallest absolute Gasteiger partial charge is 0.146 e. The molecular formula is C15H10ClFO2. The molecule has 1 aromatic heterocycles. The molecule has 2 aromatic carbocycles. The first-order valence-corrected chi connectivity index (χ1v) is 6.15. The van der Waals surface area contributed by atoms with Crippen molar-refractivity contribution >= 4 is 22.6 Å². The van der Waals surface area contributed by atoms with Crippen molar-refractivity contribution in [3.8, 4) is 5.75 Å². The highest BCUT2D eigenvalue weighted by molar-refractivity contribution is 6.30. The topological polar surface area (TPSA) is 22.4 Å². The van der Waals surface area contributed by atoms with Crippen LogP contribution >= 0.6 is 11.6 Å². The summed E-state index contributed by atoms with van der Waals surface area (Å²) in [5.41, 5.74) is 0.523. The van der Waals surface area contributed by atoms with E-state index in [0.717, 1.165) is 5.39 Å². The van der Waals surface area contributed by atoms with Gasteiger partial charge in [0.1, 0.15) is 29.5 Å². The fourth-order valence-electron chi connectivity index (χ4n) is 1.82. The van der Waals surface area contributed by atoms with Crippen LogP contribution < -0.4 is 4.74 Å². The van der Waals surface area contributed by atoms with Gasteiger partial charge in [-0.25, -0.2) is 4.39 Å². The molecule has 0 spiro atoms. The third-order valence-corrected chi connectivity index (χ3v) is 2.98. The van der Waals surface area contributed by atoms with Crippen LogP contribution in [0.15, 0.2) is 52.9 Å². The van der Waals surface area contributed by atoms with Gasteiger partial charge in [-0.2, -0.15) is 0 Å². The summed E-state index contributed by atoms with van der Waals surface area (Å²) in [6.07, 6.45) is 0. The average molecular weight is 277 g/mol. The van der Waals surface area contributed by atoms with E-state index in [1.165, 1.54) is 12.1 Å². The van der Waals surface area contributed by atoms with Crippen LogP contribution in [0.3, 0.4) is 0 Å². The number of hydrogen-bond acceptors (Lipinski definition) is 2. The molecule has 0 saturated heterocycles. The number of hydrogen-bond donors (Lipinski definition) is 0. The van der Waals surface area contributed by atoms with Gasteiger partial charge < -0.3 is 9.15 Å². The maximum Gasteiger partial charge on any atom is 0.146 e. The summed E-state index contributed by atoms with van der Waals surface area (Å²) in [5, 5.41) is 1.52. The van der Waals surface area contributed by atoms with Gasteiger partial charge in [-0.05, 0) is 42.5 Å². The Morgan fingerprint density at radius 1 is 1.05 bits per heavy atom. The summed E-state index contributed by atoms with van der Waals surface area (Å²) in [4.78, 5) is 0. The predicted molar refractivity (Wildman–Crippen MR) is 72.0 cm³/mol. The minimum absolute atomic E-state index is 0.290. The molecule has 3 rings (SSSR count). The highest BCUT2D eigenvalue weighted by Crippen LogP contribution is 2.22. The lowest BCUT2D eigenvalue weighted by atomic mass is 10.2. The van der Waals surface area contributed by atoms with E-state index in [1.54, 1.807) is 30.3 Å². The van der Waals surface area contributed by atoms with Crippen molar-refractivity contribution < 1.29 is 13.5 Å². The summed E-state index contributed by atoms with van der Waals surface area (Å²) in [6.45, 7) is 0.290. The molecule has 4 heteroatoms. The van der Waals surface area contributed by atoms with Gasteiger partial charge in [0, 0.05) is 16.5 Å². The molecule has 1 heterocycles. The zero-order valence-corrected chi connectivity index (χ0v) is 10.7. The van der Waals surface area contributed by atoms with Crippen LogP contribution in [0.25, 0.3) is 11.0 Å². The summed E-state index contributed by atoms with van der Waals surface area (Å²) in [6, 6.07) is 13.4. The van der Waals surface area contributed by atoms with Crippen LogP contribution in [0.4, 0.5) is 4.39 Å². The average Bonchev–Trinajstić information content (AvgIpc) is 2.80. The highest BCUT2D eigenvalue weighted by atomic mass is 35.5. The number of fused-ring (bicyclic) bond motifs is 1. The molecule has 2 nitrogen and oxygen atoms in total. The second-order valence-electron chi connectivity index (χ2n) is 4.14. The Morgan fingerprint density at radius 3 is 2.63 bits per heavy atom. The third kappa shape index (κ3) is 2.71. The van der Waals surface area contributed by atoms with E-state index in [1.807, 2.05) is 6.07 Å². The third-order valence-electron chi connectivity index (χ3n) is 2.73. The molecule has 0 aliphatic carbocycles. The Bertz CT molecular complexity index is 704. The maximum absolute atomic E-state index is 13.0. The molecule has 96 valence electrons. The predicted octanol–water partition coefficient (Wildman–Crippen LogP) is 4.80. The molecular weight excluding hydrogens is 267 g/mol. The molecule has 0 atom stereocenters. The largest absolute Gasteiger partial charge is 0.486 e. The summed E-state index contributed by atoms with van der Waals surface area (Å²) >= 11 is 5.79. The van der Waals surface area contributed by atoms with Gasteiger partial charge in [0.15, 0.2) is 0 Å². The molecule has 0 saturated carbocycles. The molecule has 0 bridgehead atoms. The van der Waals surface area contributed by atoms with E-state index in [4.69, 9.17) is 20.8 Å². The van der Waals surface area contributed by atoms with Gasteiger partial charge in [-0.3, -0.25) is 0 Å². The Kier molecular flexibility index (Phi) is 3.13. The van der Waals surface area contributed by atoms with Gasteiger partial charge in [0.2, 0.25) is 0 Å². The second kappa shape index (κ2) is 4.94. The fourth-order valence-corrected chi connectivity index (χ4v) is 1.94. The van der Waals surface area contributed by atoms with Crippen LogP contribution in [0.5, 0.6) is 5.75 Å². The van der Waals surface area contributed by atoms with E-state index in [2.05, 4.69) is 0 Å². The molecule has 0 fully saturated rings. The van der Waals surface area contributed by atoms with Crippen molar-refractivity contribution in [1.82, 2.24) is 0 Å². The van der Waals surface area contributed by atoms with E-state index in [-0.39, 0.29) is 12.4 Å². The van der Waals surface area contributed by atoms with Crippen molar-refractivity contribution in [2.75, 3.05) is 0 Å². The summed E-state index contributed by atoms with van der Waals surface area (Å²) in [7, 11) is 0. The lowest BCUT2D eigenvalue weighted by Gasteiger charge is -2.03. The Balaban J connectivity index is 1.76. The number of benzene rings is 2. The van der Waals surface area contributed by atoms with E-state index in [0.29, 0.717) is 22.1 Å². The quantitative estimate of drug-likeness (QED) is 0.685. The zero-order chi connectivity index (χ0) is 13.2. The molecule has 0 aliphatic heterocycles. The van der Waals surface area contributed by atoms with Crippen LogP contribution in [-0.4, -0.2) is 0 Å². The van der Waals surface area contributed by atoms with Crippen LogP contribution in [-0.2, 0) is 6.61 Å². The lowest BCUT2D eigenvalue weighted by Crippen LogP contribution is -1.92. The van der Waals surface area contributed by atoms with Crippen molar-refractivity contribution in [3.63, 3.8) is 0 Å². The van der Waals surface area contributed by atoms with Crippen molar-refractivity contribution in [1.29, 1.82) is 0 Å². The maximum atomic E-state index is 13.0. The molecule has 3 aromatic rings. The lowest BCUT2D eigenvalue weighted by molar-refractivity contribution is 0.274. The van der Waals surface area contributed by atoms with Gasteiger partial charge in [-0.1, -0.05) is 11.6 Å². The highest BCUT2D eigenvalue weighted by Gasteiger charge is 2.05. The molecule has 19 heavy (non-hydrogen) atoms. The van der Waals surface area contributed by atoms with Crippen molar-refractivity contribution in [3.05, 3.63) is 65.1 Å². The molecule has 0 N–H and O–H groups in total. The van der Waals surface area contributed by atoms with Gasteiger partial charge in [0.05, 0.1) is 0 Å². The Labute approximate surface area is 114 Å². The fraction of sp³-hybridized carbons (Fsp3) is 0.0667. The van der Waals surface area contributed by atoms with Crippen LogP contribution in [0.2, 0.25) is 5.02 Å². The van der Waals surface area contributed by atoms with E-state index < -0.39 is 0 Å². The Hall–Kier alpha value is -2.00. The molecule has 0 amide bonds. The van der Waals surface area contributed by atoms with Crippen molar-refractivity contribution in [2.24, 2.45) is 0 Å². The summed E-state index contributed by atoms with van der Waals surface area (Å²) < 4.78 is 24.1. The first-order valence-electron chi connectivity index (χ1n) is 5.77. The SMILES string of the molecule is Fc1ccc2cc(COc3ccc(Cl)cc3)oc2c1. The number of halogens is 2. The minimum atomic E-state index is -0.313. The number of rotatable bonds is 3. The Morgan fingerprint density at radius 2 is 1.84 bits per heavy atom. The second-order valence-corrected chi connectivity index (χ2v) is 4.57. The molecule has 0 unspecified atom stereocenters. The van der Waals surface area contributed by atoms with Gasteiger partial charge in [0.25, 0.3) is 0 Å². The van der Waals surface area contributed by atoms with Gasteiger partial charge >= 0.3 is 0 Å². The normalized spacial score (nSPS) is 10.8. The zero-order valence-electron chi connectivity index (χ0n) is 9.90. The van der Waals surface area contributed by atoms with Crippen LogP contribution in [0.1, 0.15) is 5.76 Å². The van der Waals surface area contributed by atoms with Crippen molar-refractivity contribution in [2.45, 2.75) is 6.61 Å². The van der Waals surface area contributed by atoms with Crippen LogP contribution in [0, 0.1) is 5.82 Å². The number of ether oxygens (including phenoxy) is 1. The molecule has 0 radical (unpaired) electrons. The first-order chi connectivity index (χ1) is 9.20. The molecule has 0 aliphatic rings. The standard InChI is InChI=1S/C15H10ClFO2/c16-11-2-5-13(6-3-11)18-9-14-7-10-1-4-12(17)8-15(10)19-14/h1-8H,9H2. The minimum Gasteiger partial charge on any atom is -0.486 e. The number of furan rings is 1. The van der Waals surface area contributed by atoms with Gasteiger partial charge in [-0.15, -0.1) is 0 Å². The summed E-state index contributed by atoms with van der Waals surface area (Å²) in [5.74, 6) is 1.04.